The Balaban J connectivity index is 1.91. The number of amides is 1. The van der Waals surface area contributed by atoms with Gasteiger partial charge >= 0.3 is 0 Å². The Kier molecular flexibility index (Phi) is 4.79. The van der Waals surface area contributed by atoms with E-state index in [9.17, 15) is 9.18 Å². The average Bonchev–Trinajstić information content (AvgIpc) is 2.65. The van der Waals surface area contributed by atoms with Gasteiger partial charge in [0.2, 0.25) is 5.75 Å². The summed E-state index contributed by atoms with van der Waals surface area (Å²) >= 11 is 0. The van der Waals surface area contributed by atoms with E-state index in [1.165, 1.54) is 18.1 Å². The Morgan fingerprint density at radius 3 is 2.68 bits per heavy atom. The normalized spacial score (nSPS) is 13.9. The van der Waals surface area contributed by atoms with Gasteiger partial charge in [-0.15, -0.1) is 0 Å². The van der Waals surface area contributed by atoms with Gasteiger partial charge in [-0.25, -0.2) is 4.39 Å². The molecule has 0 fully saturated rings. The highest BCUT2D eigenvalue weighted by atomic mass is 19.1. The van der Waals surface area contributed by atoms with Crippen LogP contribution in [0.15, 0.2) is 36.4 Å². The topological polar surface area (TPSA) is 48.0 Å². The van der Waals surface area contributed by atoms with Crippen molar-refractivity contribution in [1.29, 1.82) is 0 Å². The van der Waals surface area contributed by atoms with Gasteiger partial charge in [0, 0.05) is 18.2 Å². The number of benzene rings is 2. The fraction of sp³-hybridized carbons (Fsp3) is 0.316. The van der Waals surface area contributed by atoms with Crippen molar-refractivity contribution < 1.29 is 23.4 Å². The lowest BCUT2D eigenvalue weighted by atomic mass is 10.1. The molecule has 6 heteroatoms. The van der Waals surface area contributed by atoms with Crippen molar-refractivity contribution in [2.24, 2.45) is 0 Å². The van der Waals surface area contributed by atoms with Crippen molar-refractivity contribution in [3.63, 3.8) is 0 Å². The van der Waals surface area contributed by atoms with Crippen LogP contribution in [-0.2, 0) is 0 Å². The summed E-state index contributed by atoms with van der Waals surface area (Å²) in [6, 6.07) is 9.25. The number of rotatable bonds is 4. The minimum absolute atomic E-state index is 0.258. The van der Waals surface area contributed by atoms with E-state index in [2.05, 4.69) is 0 Å². The Morgan fingerprint density at radius 2 is 1.96 bits per heavy atom. The van der Waals surface area contributed by atoms with Gasteiger partial charge in [-0.3, -0.25) is 4.79 Å². The second-order valence-corrected chi connectivity index (χ2v) is 5.82. The minimum Gasteiger partial charge on any atom is -0.493 e. The second-order valence-electron chi connectivity index (χ2n) is 5.82. The zero-order valence-corrected chi connectivity index (χ0v) is 14.4. The summed E-state index contributed by atoms with van der Waals surface area (Å²) < 4.78 is 30.4. The van der Waals surface area contributed by atoms with Crippen LogP contribution in [0.2, 0.25) is 0 Å². The van der Waals surface area contributed by atoms with Crippen LogP contribution >= 0.6 is 0 Å². The molecular formula is C19H20FNO4. The molecule has 1 atom stereocenters. The smallest absolute Gasteiger partial charge is 0.254 e. The standard InChI is InChI=1S/C19H20FNO4/c1-12(14-6-4-5-7-15(14)20)21(2)19(22)13-10-16(23-3)18-17(11-13)24-8-9-25-18/h4-7,10-12H,8-9H2,1-3H3. The molecule has 0 aromatic heterocycles. The molecule has 1 amide bonds. The summed E-state index contributed by atoms with van der Waals surface area (Å²) in [7, 11) is 3.15. The third-order valence-electron chi connectivity index (χ3n) is 4.33. The van der Waals surface area contributed by atoms with Crippen molar-refractivity contribution >= 4 is 5.91 Å². The molecule has 0 N–H and O–H groups in total. The van der Waals surface area contributed by atoms with Crippen LogP contribution in [0.5, 0.6) is 17.2 Å². The summed E-state index contributed by atoms with van der Waals surface area (Å²) in [5.41, 5.74) is 0.856. The fourth-order valence-electron chi connectivity index (χ4n) is 2.80. The van der Waals surface area contributed by atoms with Gasteiger partial charge in [0.05, 0.1) is 13.2 Å². The highest BCUT2D eigenvalue weighted by molar-refractivity contribution is 5.95. The third-order valence-corrected chi connectivity index (χ3v) is 4.33. The first kappa shape index (κ1) is 17.1. The van der Waals surface area contributed by atoms with Gasteiger partial charge in [0.15, 0.2) is 11.5 Å². The highest BCUT2D eigenvalue weighted by Crippen LogP contribution is 2.40. The molecular weight excluding hydrogens is 325 g/mol. The maximum absolute atomic E-state index is 14.0. The van der Waals surface area contributed by atoms with Crippen LogP contribution in [0.25, 0.3) is 0 Å². The SMILES string of the molecule is COc1cc(C(=O)N(C)C(C)c2ccccc2F)cc2c1OCCO2. The molecule has 2 aromatic rings. The zero-order chi connectivity index (χ0) is 18.0. The van der Waals surface area contributed by atoms with Crippen molar-refractivity contribution in [3.05, 3.63) is 53.3 Å². The predicted molar refractivity (Wildman–Crippen MR) is 90.9 cm³/mol. The maximum atomic E-state index is 14.0. The monoisotopic (exact) mass is 345 g/mol. The van der Waals surface area contributed by atoms with Gasteiger partial charge in [-0.05, 0) is 25.1 Å². The van der Waals surface area contributed by atoms with E-state index in [1.54, 1.807) is 44.3 Å². The molecule has 0 saturated carbocycles. The molecule has 3 rings (SSSR count). The maximum Gasteiger partial charge on any atom is 0.254 e. The quantitative estimate of drug-likeness (QED) is 0.852. The summed E-state index contributed by atoms with van der Waals surface area (Å²) in [5.74, 6) is 0.809. The van der Waals surface area contributed by atoms with Crippen molar-refractivity contribution in [2.45, 2.75) is 13.0 Å². The number of carbonyl (C=O) groups is 1. The number of fused-ring (bicyclic) bond motifs is 1. The first-order chi connectivity index (χ1) is 12.0. The molecule has 0 bridgehead atoms. The van der Waals surface area contributed by atoms with Gasteiger partial charge in [0.1, 0.15) is 19.0 Å². The Morgan fingerprint density at radius 1 is 1.24 bits per heavy atom. The summed E-state index contributed by atoms with van der Waals surface area (Å²) in [4.78, 5) is 14.4. The lowest BCUT2D eigenvalue weighted by Gasteiger charge is -2.27. The molecule has 0 spiro atoms. The summed E-state index contributed by atoms with van der Waals surface area (Å²) in [5, 5.41) is 0. The van der Waals surface area contributed by atoms with Gasteiger partial charge in [-0.1, -0.05) is 18.2 Å². The van der Waals surface area contributed by atoms with E-state index in [0.717, 1.165) is 0 Å². The molecule has 132 valence electrons. The number of halogens is 1. The summed E-state index contributed by atoms with van der Waals surface area (Å²) in [6.45, 7) is 2.63. The Labute approximate surface area is 145 Å². The highest BCUT2D eigenvalue weighted by Gasteiger charge is 2.25. The van der Waals surface area contributed by atoms with E-state index in [1.807, 2.05) is 0 Å². The molecule has 2 aromatic carbocycles. The first-order valence-corrected chi connectivity index (χ1v) is 8.02. The number of carbonyl (C=O) groups excluding carboxylic acids is 1. The lowest BCUT2D eigenvalue weighted by molar-refractivity contribution is 0.0738. The van der Waals surface area contributed by atoms with Crippen molar-refractivity contribution in [3.8, 4) is 17.2 Å². The second kappa shape index (κ2) is 7.01. The molecule has 1 aliphatic rings. The van der Waals surface area contributed by atoms with Crippen LogP contribution in [0.1, 0.15) is 28.9 Å². The molecule has 1 heterocycles. The molecule has 1 aliphatic heterocycles. The predicted octanol–water partition coefficient (Wildman–Crippen LogP) is 3.44. The van der Waals surface area contributed by atoms with E-state index >= 15 is 0 Å². The number of nitrogens with zero attached hydrogens (tertiary/aromatic N) is 1. The van der Waals surface area contributed by atoms with Crippen LogP contribution in [0.3, 0.4) is 0 Å². The van der Waals surface area contributed by atoms with Crippen LogP contribution in [0, 0.1) is 5.82 Å². The van der Waals surface area contributed by atoms with Crippen molar-refractivity contribution in [1.82, 2.24) is 4.90 Å². The lowest BCUT2D eigenvalue weighted by Crippen LogP contribution is -2.30. The van der Waals surface area contributed by atoms with E-state index in [-0.39, 0.29) is 11.7 Å². The van der Waals surface area contributed by atoms with E-state index in [0.29, 0.717) is 41.6 Å². The van der Waals surface area contributed by atoms with Gasteiger partial charge in [-0.2, -0.15) is 0 Å². The first-order valence-electron chi connectivity index (χ1n) is 8.02. The van der Waals surface area contributed by atoms with Crippen molar-refractivity contribution in [2.75, 3.05) is 27.4 Å². The minimum atomic E-state index is -0.423. The van der Waals surface area contributed by atoms with Crippen LogP contribution < -0.4 is 14.2 Å². The Bertz CT molecular complexity index is 776. The molecule has 0 aliphatic carbocycles. The van der Waals surface area contributed by atoms with E-state index < -0.39 is 6.04 Å². The van der Waals surface area contributed by atoms with E-state index in [4.69, 9.17) is 14.2 Å². The largest absolute Gasteiger partial charge is 0.493 e. The van der Waals surface area contributed by atoms with Gasteiger partial charge < -0.3 is 19.1 Å². The van der Waals surface area contributed by atoms with Crippen LogP contribution in [0.4, 0.5) is 4.39 Å². The molecule has 25 heavy (non-hydrogen) atoms. The molecule has 1 unspecified atom stereocenters. The molecule has 0 saturated heterocycles. The van der Waals surface area contributed by atoms with Crippen LogP contribution in [-0.4, -0.2) is 38.2 Å². The number of methoxy groups -OCH3 is 1. The molecule has 0 radical (unpaired) electrons. The zero-order valence-electron chi connectivity index (χ0n) is 14.4. The Hall–Kier alpha value is -2.76. The third kappa shape index (κ3) is 3.24. The fourth-order valence-corrected chi connectivity index (χ4v) is 2.80. The number of ether oxygens (including phenoxy) is 3. The average molecular weight is 345 g/mol. The molecule has 5 nitrogen and oxygen atoms in total. The van der Waals surface area contributed by atoms with Gasteiger partial charge in [0.25, 0.3) is 5.91 Å². The number of hydrogen-bond acceptors (Lipinski definition) is 4. The summed E-state index contributed by atoms with van der Waals surface area (Å²) in [6.07, 6.45) is 0. The number of hydrogen-bond donors (Lipinski definition) is 0.